The molecule has 0 atom stereocenters. The van der Waals surface area contributed by atoms with E-state index in [0.29, 0.717) is 5.92 Å². The monoisotopic (exact) mass is 412 g/mol. The molecule has 0 amide bonds. The summed E-state index contributed by atoms with van der Waals surface area (Å²) >= 11 is 0. The van der Waals surface area contributed by atoms with Gasteiger partial charge in [-0.3, -0.25) is 0 Å². The van der Waals surface area contributed by atoms with Gasteiger partial charge in [-0.25, -0.2) is 15.0 Å². The van der Waals surface area contributed by atoms with Crippen LogP contribution in [0.4, 0.5) is 17.2 Å². The summed E-state index contributed by atoms with van der Waals surface area (Å²) in [7, 11) is 0. The fourth-order valence-corrected chi connectivity index (χ4v) is 4.30. The predicted molar refractivity (Wildman–Crippen MR) is 127 cm³/mol. The van der Waals surface area contributed by atoms with Gasteiger partial charge in [-0.1, -0.05) is 44.2 Å². The quantitative estimate of drug-likeness (QED) is 0.428. The maximum atomic E-state index is 4.93. The molecule has 1 aliphatic heterocycles. The Kier molecular flexibility index (Phi) is 5.28. The van der Waals surface area contributed by atoms with E-state index in [1.165, 1.54) is 24.9 Å². The third kappa shape index (κ3) is 3.85. The number of nitrogens with one attached hydrogen (secondary N) is 2. The Morgan fingerprint density at radius 3 is 2.58 bits per heavy atom. The molecule has 0 radical (unpaired) electrons. The van der Waals surface area contributed by atoms with Gasteiger partial charge in [0.1, 0.15) is 11.5 Å². The molecule has 1 saturated heterocycles. The van der Waals surface area contributed by atoms with Crippen LogP contribution in [0.5, 0.6) is 0 Å². The lowest BCUT2D eigenvalue weighted by atomic mass is 10.1. The first kappa shape index (κ1) is 19.5. The molecular weight excluding hydrogens is 384 g/mol. The number of pyridine rings is 1. The Balaban J connectivity index is 1.58. The van der Waals surface area contributed by atoms with Crippen molar-refractivity contribution in [2.45, 2.75) is 39.0 Å². The number of fused-ring (bicyclic) bond motifs is 1. The summed E-state index contributed by atoms with van der Waals surface area (Å²) in [5.41, 5.74) is 5.24. The first-order chi connectivity index (χ1) is 15.2. The van der Waals surface area contributed by atoms with E-state index >= 15 is 0 Å². The van der Waals surface area contributed by atoms with Crippen molar-refractivity contribution in [1.29, 1.82) is 0 Å². The molecule has 1 fully saturated rings. The van der Waals surface area contributed by atoms with Crippen molar-refractivity contribution in [2.24, 2.45) is 0 Å². The molecule has 5 rings (SSSR count). The zero-order chi connectivity index (χ0) is 21.2. The van der Waals surface area contributed by atoms with Crippen molar-refractivity contribution in [1.82, 2.24) is 19.9 Å². The van der Waals surface area contributed by atoms with Gasteiger partial charge >= 0.3 is 0 Å². The van der Waals surface area contributed by atoms with E-state index in [9.17, 15) is 0 Å². The number of aromatic amines is 1. The average Bonchev–Trinajstić information content (AvgIpc) is 3.25. The lowest BCUT2D eigenvalue weighted by Crippen LogP contribution is -2.29. The molecule has 158 valence electrons. The number of piperidine rings is 1. The number of benzene rings is 1. The number of H-pyrrole nitrogens is 1. The van der Waals surface area contributed by atoms with Gasteiger partial charge in [-0.15, -0.1) is 0 Å². The van der Waals surface area contributed by atoms with Crippen LogP contribution in [-0.2, 0) is 0 Å². The second-order valence-corrected chi connectivity index (χ2v) is 8.45. The normalized spacial score (nSPS) is 14.4. The number of nitrogens with zero attached hydrogens (tertiary/aromatic N) is 4. The van der Waals surface area contributed by atoms with E-state index in [-0.39, 0.29) is 0 Å². The molecule has 4 heterocycles. The van der Waals surface area contributed by atoms with Gasteiger partial charge < -0.3 is 15.2 Å². The Bertz CT molecular complexity index is 1180. The van der Waals surface area contributed by atoms with Gasteiger partial charge in [-0.05, 0) is 31.2 Å². The predicted octanol–water partition coefficient (Wildman–Crippen LogP) is 5.88. The van der Waals surface area contributed by atoms with Gasteiger partial charge in [0.2, 0.25) is 0 Å². The molecule has 31 heavy (non-hydrogen) atoms. The minimum atomic E-state index is 0.303. The van der Waals surface area contributed by atoms with Gasteiger partial charge in [0.05, 0.1) is 16.8 Å². The molecule has 3 aromatic heterocycles. The Morgan fingerprint density at radius 1 is 1.00 bits per heavy atom. The van der Waals surface area contributed by atoms with Crippen LogP contribution in [0.1, 0.15) is 44.6 Å². The first-order valence-electron chi connectivity index (χ1n) is 11.1. The molecule has 1 aromatic carbocycles. The summed E-state index contributed by atoms with van der Waals surface area (Å²) < 4.78 is 0. The molecule has 0 spiro atoms. The third-order valence-electron chi connectivity index (χ3n) is 5.97. The van der Waals surface area contributed by atoms with E-state index < -0.39 is 0 Å². The third-order valence-corrected chi connectivity index (χ3v) is 5.97. The van der Waals surface area contributed by atoms with Crippen LogP contribution in [0.2, 0.25) is 0 Å². The standard InChI is InChI=1S/C25H28N6/c1-17(2)19-15-27-23(18-9-5-3-6-10-18)30-24(19)29-20-11-12-26-25-22(20)21(16-28-25)31-13-7-4-8-14-31/h3,5-6,9-12,15-17H,4,7-8,13-14H2,1-2H3,(H2,26,27,28,29,30). The van der Waals surface area contributed by atoms with Crippen molar-refractivity contribution in [3.8, 4) is 11.4 Å². The first-order valence-corrected chi connectivity index (χ1v) is 11.1. The van der Waals surface area contributed by atoms with Crippen LogP contribution in [-0.4, -0.2) is 33.0 Å². The molecule has 0 aliphatic carbocycles. The van der Waals surface area contributed by atoms with E-state index in [1.807, 2.05) is 48.8 Å². The molecule has 0 bridgehead atoms. The van der Waals surface area contributed by atoms with E-state index in [2.05, 4.69) is 45.2 Å². The van der Waals surface area contributed by atoms with Crippen molar-refractivity contribution in [2.75, 3.05) is 23.3 Å². The van der Waals surface area contributed by atoms with Crippen LogP contribution in [0.25, 0.3) is 22.4 Å². The number of hydrogen-bond donors (Lipinski definition) is 2. The second kappa shape index (κ2) is 8.38. The summed E-state index contributed by atoms with van der Waals surface area (Å²) in [4.78, 5) is 20.0. The highest BCUT2D eigenvalue weighted by Gasteiger charge is 2.19. The molecule has 2 N–H and O–H groups in total. The topological polar surface area (TPSA) is 69.7 Å². The summed E-state index contributed by atoms with van der Waals surface area (Å²) in [6.07, 6.45) is 9.66. The van der Waals surface area contributed by atoms with Crippen LogP contribution in [0, 0.1) is 0 Å². The maximum Gasteiger partial charge on any atom is 0.161 e. The zero-order valence-corrected chi connectivity index (χ0v) is 18.1. The highest BCUT2D eigenvalue weighted by molar-refractivity contribution is 6.01. The summed E-state index contributed by atoms with van der Waals surface area (Å²) in [6.45, 7) is 6.52. The summed E-state index contributed by atoms with van der Waals surface area (Å²) in [5, 5.41) is 4.76. The number of aromatic nitrogens is 4. The van der Waals surface area contributed by atoms with Gasteiger partial charge in [0.15, 0.2) is 5.82 Å². The molecule has 6 heteroatoms. The second-order valence-electron chi connectivity index (χ2n) is 8.45. The van der Waals surface area contributed by atoms with Gasteiger partial charge in [-0.2, -0.15) is 0 Å². The lowest BCUT2D eigenvalue weighted by molar-refractivity contribution is 0.579. The van der Waals surface area contributed by atoms with E-state index in [0.717, 1.165) is 52.6 Å². The van der Waals surface area contributed by atoms with Gasteiger partial charge in [0.25, 0.3) is 0 Å². The van der Waals surface area contributed by atoms with Gasteiger partial charge in [0, 0.05) is 42.8 Å². The number of anilines is 3. The Morgan fingerprint density at radius 2 is 1.81 bits per heavy atom. The lowest BCUT2D eigenvalue weighted by Gasteiger charge is -2.28. The zero-order valence-electron chi connectivity index (χ0n) is 18.1. The summed E-state index contributed by atoms with van der Waals surface area (Å²) in [5.74, 6) is 1.88. The fraction of sp³-hybridized carbons (Fsp3) is 0.320. The SMILES string of the molecule is CC(C)c1cnc(-c2ccccc2)nc1Nc1ccnc2[nH]cc(N3CCCCC3)c12. The average molecular weight is 413 g/mol. The molecule has 6 nitrogen and oxygen atoms in total. The molecule has 0 saturated carbocycles. The molecular formula is C25H28N6. The number of rotatable bonds is 5. The van der Waals surface area contributed by atoms with Crippen molar-refractivity contribution in [3.63, 3.8) is 0 Å². The highest BCUT2D eigenvalue weighted by atomic mass is 15.2. The van der Waals surface area contributed by atoms with Crippen LogP contribution in [0.3, 0.4) is 0 Å². The minimum Gasteiger partial charge on any atom is -0.370 e. The van der Waals surface area contributed by atoms with Crippen molar-refractivity contribution >= 4 is 28.2 Å². The van der Waals surface area contributed by atoms with Crippen LogP contribution in [0.15, 0.2) is 55.0 Å². The van der Waals surface area contributed by atoms with Crippen LogP contribution >= 0.6 is 0 Å². The Hall–Kier alpha value is -3.41. The maximum absolute atomic E-state index is 4.93. The highest BCUT2D eigenvalue weighted by Crippen LogP contribution is 2.36. The molecule has 0 unspecified atom stereocenters. The van der Waals surface area contributed by atoms with Crippen LogP contribution < -0.4 is 10.2 Å². The largest absolute Gasteiger partial charge is 0.370 e. The number of hydrogen-bond acceptors (Lipinski definition) is 5. The molecule has 4 aromatic rings. The van der Waals surface area contributed by atoms with E-state index in [4.69, 9.17) is 4.98 Å². The van der Waals surface area contributed by atoms with Crippen molar-refractivity contribution < 1.29 is 0 Å². The fourth-order valence-electron chi connectivity index (χ4n) is 4.30. The smallest absolute Gasteiger partial charge is 0.161 e. The van der Waals surface area contributed by atoms with E-state index in [1.54, 1.807) is 0 Å². The minimum absolute atomic E-state index is 0.303. The Labute approximate surface area is 182 Å². The summed E-state index contributed by atoms with van der Waals surface area (Å²) in [6, 6.07) is 12.2. The van der Waals surface area contributed by atoms with Crippen molar-refractivity contribution in [3.05, 3.63) is 60.6 Å². The molecule has 1 aliphatic rings.